The summed E-state index contributed by atoms with van der Waals surface area (Å²) in [5.41, 5.74) is 10.2. The number of aliphatic carboxylic acids is 1. The second-order valence-corrected chi connectivity index (χ2v) is 1.60. The Kier molecular flexibility index (Phi) is 2.57. The predicted octanol–water partition coefficient (Wildman–Crippen LogP) is -0.390. The largest absolute Gasteiger partial charge is 0.477 e. The molecule has 5 N–H and O–H groups in total. The van der Waals surface area contributed by atoms with Gasteiger partial charge in [-0.25, -0.2) is 4.79 Å². The minimum absolute atomic E-state index is 0.225. The zero-order valence-corrected chi connectivity index (χ0v) is 5.22. The maximum atomic E-state index is 10.0. The summed E-state index contributed by atoms with van der Waals surface area (Å²) in [6.07, 6.45) is 0.470. The molecule has 0 saturated carbocycles. The molecule has 0 aromatic rings. The number of allylic oxidation sites excluding steroid dienone is 1. The molecule has 0 rings (SSSR count). The molecule has 0 amide bonds. The third-order valence-corrected chi connectivity index (χ3v) is 0.957. The van der Waals surface area contributed by atoms with E-state index in [4.69, 9.17) is 16.6 Å². The number of hydrogen-bond donors (Lipinski definition) is 3. The lowest BCUT2D eigenvalue weighted by Crippen LogP contribution is -2.16. The topological polar surface area (TPSA) is 89.3 Å². The summed E-state index contributed by atoms with van der Waals surface area (Å²) in [5.74, 6) is -1.16. The molecule has 9 heavy (non-hydrogen) atoms. The van der Waals surface area contributed by atoms with Gasteiger partial charge in [-0.2, -0.15) is 0 Å². The fraction of sp³-hybridized carbons (Fsp3) is 0.400. The van der Waals surface area contributed by atoms with Gasteiger partial charge in [0.05, 0.1) is 0 Å². The fourth-order valence-electron chi connectivity index (χ4n) is 0.328. The maximum Gasteiger partial charge on any atom is 0.353 e. The first kappa shape index (κ1) is 7.81. The van der Waals surface area contributed by atoms with Gasteiger partial charge < -0.3 is 16.6 Å². The number of carbonyl (C=O) groups is 1. The summed E-state index contributed by atoms with van der Waals surface area (Å²) in [5, 5.41) is 8.22. The predicted molar refractivity (Wildman–Crippen MR) is 33.3 cm³/mol. The molecule has 0 atom stereocenters. The van der Waals surface area contributed by atoms with Crippen LogP contribution < -0.4 is 11.5 Å². The van der Waals surface area contributed by atoms with Crippen molar-refractivity contribution in [2.24, 2.45) is 11.5 Å². The van der Waals surface area contributed by atoms with E-state index in [2.05, 4.69) is 0 Å². The molecular formula is C5H10N2O2. The minimum atomic E-state index is -1.16. The van der Waals surface area contributed by atoms with Crippen molar-refractivity contribution < 1.29 is 9.90 Å². The molecule has 4 nitrogen and oxygen atoms in total. The Balaban J connectivity index is 4.28. The number of rotatable bonds is 2. The monoisotopic (exact) mass is 130 g/mol. The van der Waals surface area contributed by atoms with E-state index in [1.165, 1.54) is 0 Å². The third-order valence-electron chi connectivity index (χ3n) is 0.957. The number of nitrogens with two attached hydrogens (primary N) is 2. The van der Waals surface area contributed by atoms with E-state index in [1.807, 2.05) is 0 Å². The van der Waals surface area contributed by atoms with Gasteiger partial charge in [0.25, 0.3) is 0 Å². The smallest absolute Gasteiger partial charge is 0.353 e. The Morgan fingerprint density at radius 2 is 2.00 bits per heavy atom. The first-order valence-electron chi connectivity index (χ1n) is 2.57. The number of hydrogen-bond acceptors (Lipinski definition) is 3. The van der Waals surface area contributed by atoms with Gasteiger partial charge in [-0.15, -0.1) is 0 Å². The highest BCUT2D eigenvalue weighted by atomic mass is 16.4. The van der Waals surface area contributed by atoms with Gasteiger partial charge in [-0.05, 0) is 6.42 Å². The van der Waals surface area contributed by atoms with Crippen LogP contribution >= 0.6 is 0 Å². The van der Waals surface area contributed by atoms with Crippen molar-refractivity contribution in [2.45, 2.75) is 13.3 Å². The minimum Gasteiger partial charge on any atom is -0.477 e. The molecule has 0 radical (unpaired) electrons. The first-order valence-corrected chi connectivity index (χ1v) is 2.57. The highest BCUT2D eigenvalue weighted by Gasteiger charge is 2.03. The summed E-state index contributed by atoms with van der Waals surface area (Å²) in [4.78, 5) is 10.0. The van der Waals surface area contributed by atoms with Gasteiger partial charge in [0.15, 0.2) is 0 Å². The van der Waals surface area contributed by atoms with E-state index in [0.717, 1.165) is 0 Å². The van der Waals surface area contributed by atoms with Gasteiger partial charge >= 0.3 is 5.97 Å². The molecular weight excluding hydrogens is 120 g/mol. The lowest BCUT2D eigenvalue weighted by Gasteiger charge is -1.97. The van der Waals surface area contributed by atoms with E-state index in [1.54, 1.807) is 6.92 Å². The average Bonchev–Trinajstić information content (AvgIpc) is 1.84. The van der Waals surface area contributed by atoms with Crippen LogP contribution in [0.25, 0.3) is 0 Å². The molecule has 52 valence electrons. The van der Waals surface area contributed by atoms with Crippen LogP contribution in [0, 0.1) is 0 Å². The second kappa shape index (κ2) is 2.96. The lowest BCUT2D eigenvalue weighted by atomic mass is 10.3. The van der Waals surface area contributed by atoms with Crippen molar-refractivity contribution in [2.75, 3.05) is 0 Å². The Morgan fingerprint density at radius 3 is 2.11 bits per heavy atom. The van der Waals surface area contributed by atoms with Crippen LogP contribution in [0.1, 0.15) is 13.3 Å². The normalized spacial score (nSPS) is 12.6. The zero-order valence-electron chi connectivity index (χ0n) is 5.22. The quantitative estimate of drug-likeness (QED) is 0.444. The van der Waals surface area contributed by atoms with Crippen LogP contribution in [0.5, 0.6) is 0 Å². The Morgan fingerprint density at radius 1 is 1.56 bits per heavy atom. The molecule has 0 unspecified atom stereocenters. The van der Waals surface area contributed by atoms with Crippen LogP contribution in [0.4, 0.5) is 0 Å². The molecule has 0 saturated heterocycles. The number of carboxylic acid groups (broad SMARTS) is 1. The van der Waals surface area contributed by atoms with Crippen LogP contribution in [-0.4, -0.2) is 11.1 Å². The van der Waals surface area contributed by atoms with Crippen molar-refractivity contribution in [1.82, 2.24) is 0 Å². The second-order valence-electron chi connectivity index (χ2n) is 1.60. The molecule has 4 heteroatoms. The van der Waals surface area contributed by atoms with E-state index >= 15 is 0 Å². The van der Waals surface area contributed by atoms with Gasteiger partial charge in [0.1, 0.15) is 5.70 Å². The molecule has 0 heterocycles. The van der Waals surface area contributed by atoms with Crippen molar-refractivity contribution >= 4 is 5.97 Å². The fourth-order valence-corrected chi connectivity index (χ4v) is 0.328. The summed E-state index contributed by atoms with van der Waals surface area (Å²) in [6.45, 7) is 1.74. The molecule has 0 fully saturated rings. The van der Waals surface area contributed by atoms with Crippen LogP contribution in [0.3, 0.4) is 0 Å². The first-order chi connectivity index (χ1) is 4.09. The molecule has 0 aromatic carbocycles. The Labute approximate surface area is 53.1 Å². The summed E-state index contributed by atoms with van der Waals surface area (Å²) >= 11 is 0. The summed E-state index contributed by atoms with van der Waals surface area (Å²) in [7, 11) is 0. The molecule has 0 spiro atoms. The molecule has 0 aromatic heterocycles. The van der Waals surface area contributed by atoms with Crippen LogP contribution in [0.2, 0.25) is 0 Å². The molecule has 0 aliphatic carbocycles. The molecule has 0 aliphatic heterocycles. The van der Waals surface area contributed by atoms with Gasteiger partial charge in [-0.1, -0.05) is 6.92 Å². The van der Waals surface area contributed by atoms with Crippen LogP contribution in [0.15, 0.2) is 11.4 Å². The molecule has 0 aliphatic rings. The maximum absolute atomic E-state index is 10.0. The van der Waals surface area contributed by atoms with Gasteiger partial charge in [-0.3, -0.25) is 0 Å². The van der Waals surface area contributed by atoms with E-state index in [0.29, 0.717) is 6.42 Å². The van der Waals surface area contributed by atoms with Crippen molar-refractivity contribution in [3.05, 3.63) is 11.4 Å². The Hall–Kier alpha value is -1.19. The van der Waals surface area contributed by atoms with E-state index < -0.39 is 5.97 Å². The standard InChI is InChI=1S/C5H10N2O2/c1-2-3(6)4(7)5(8)9/h2,6-7H2,1H3,(H,8,9)/b4-3+. The van der Waals surface area contributed by atoms with Gasteiger partial charge in [0, 0.05) is 5.70 Å². The van der Waals surface area contributed by atoms with Crippen molar-refractivity contribution in [1.29, 1.82) is 0 Å². The SMILES string of the molecule is CC/C(N)=C(\N)C(=O)O. The van der Waals surface area contributed by atoms with Gasteiger partial charge in [0.2, 0.25) is 0 Å². The summed E-state index contributed by atoms with van der Waals surface area (Å²) in [6, 6.07) is 0. The highest BCUT2D eigenvalue weighted by molar-refractivity contribution is 5.86. The average molecular weight is 130 g/mol. The lowest BCUT2D eigenvalue weighted by molar-refractivity contribution is -0.132. The van der Waals surface area contributed by atoms with Crippen molar-refractivity contribution in [3.8, 4) is 0 Å². The van der Waals surface area contributed by atoms with E-state index in [9.17, 15) is 4.79 Å². The summed E-state index contributed by atoms with van der Waals surface area (Å²) < 4.78 is 0. The number of carboxylic acids is 1. The van der Waals surface area contributed by atoms with Crippen molar-refractivity contribution in [3.63, 3.8) is 0 Å². The third kappa shape index (κ3) is 2.03. The molecule has 0 bridgehead atoms. The van der Waals surface area contributed by atoms with E-state index in [-0.39, 0.29) is 11.4 Å². The highest BCUT2D eigenvalue weighted by Crippen LogP contribution is 1.94. The zero-order chi connectivity index (χ0) is 7.44. The Bertz CT molecular complexity index is 151. The van der Waals surface area contributed by atoms with Crippen LogP contribution in [-0.2, 0) is 4.79 Å².